The molecule has 1 aliphatic heterocycles. The van der Waals surface area contributed by atoms with E-state index in [2.05, 4.69) is 34.4 Å². The van der Waals surface area contributed by atoms with Crippen LogP contribution in [0.15, 0.2) is 24.3 Å². The van der Waals surface area contributed by atoms with Crippen LogP contribution in [-0.2, 0) is 24.2 Å². The largest absolute Gasteiger partial charge is 0.370 e. The van der Waals surface area contributed by atoms with E-state index < -0.39 is 8.26 Å². The molecule has 0 aliphatic carbocycles. The number of halogens is 2. The van der Waals surface area contributed by atoms with E-state index in [9.17, 15) is 4.79 Å². The number of hydrogen-bond donors (Lipinski definition) is 0. The van der Waals surface area contributed by atoms with Gasteiger partial charge in [-0.15, -0.1) is 0 Å². The van der Waals surface area contributed by atoms with E-state index in [0.29, 0.717) is 13.2 Å². The number of anilines is 1. The number of carbonyl (C=O) groups is 1. The number of hydrogen-bond acceptors (Lipinski definition) is 4. The van der Waals surface area contributed by atoms with Gasteiger partial charge in [0.1, 0.15) is 6.61 Å². The van der Waals surface area contributed by atoms with Gasteiger partial charge in [-0.2, -0.15) is 8.42 Å². The Kier molecular flexibility index (Phi) is 6.75. The van der Waals surface area contributed by atoms with Crippen molar-refractivity contribution in [1.82, 2.24) is 0 Å². The van der Waals surface area contributed by atoms with Gasteiger partial charge in [0.15, 0.2) is 0 Å². The van der Waals surface area contributed by atoms with E-state index >= 15 is 0 Å². The summed E-state index contributed by atoms with van der Waals surface area (Å²) >= 11 is 0. The molecule has 5 nitrogen and oxygen atoms in total. The maximum absolute atomic E-state index is 11.7. The highest BCUT2D eigenvalue weighted by Gasteiger charge is 2.21. The molecule has 0 N–H and O–H groups in total. The first-order valence-corrected chi connectivity index (χ1v) is 9.06. The molecule has 1 amide bonds. The fourth-order valence-electron chi connectivity index (χ4n) is 1.85. The van der Waals surface area contributed by atoms with Crippen molar-refractivity contribution in [1.29, 1.82) is 0 Å². The molecule has 1 heterocycles. The van der Waals surface area contributed by atoms with Gasteiger partial charge in [0.05, 0.1) is 6.61 Å². The lowest BCUT2D eigenvalue weighted by Crippen LogP contribution is -2.42. The number of aryl methyl sites for hydroxylation is 1. The third kappa shape index (κ3) is 6.09. The summed E-state index contributed by atoms with van der Waals surface area (Å²) in [5, 5.41) is 0. The topological polar surface area (TPSA) is 63.7 Å². The maximum Gasteiger partial charge on any atom is 0.317 e. The number of morpholine rings is 1. The zero-order valence-corrected chi connectivity index (χ0v) is 13.2. The molecule has 0 atom stereocenters. The van der Waals surface area contributed by atoms with Crippen LogP contribution < -0.4 is 4.90 Å². The van der Waals surface area contributed by atoms with Gasteiger partial charge in [-0.05, 0) is 18.1 Å². The van der Waals surface area contributed by atoms with Gasteiger partial charge in [0.2, 0.25) is 0 Å². The number of carbonyl (C=O) groups excluding carboxylic acids is 1. The van der Waals surface area contributed by atoms with E-state index in [0.717, 1.165) is 12.1 Å². The maximum atomic E-state index is 11.7. The SMILES string of the molecule is CCc1ccccc1N1CCOCC1=O.O=S(=O)(Cl)Cl. The molecule has 1 aromatic carbocycles. The van der Waals surface area contributed by atoms with Crippen LogP contribution in [-0.4, -0.2) is 34.1 Å². The van der Waals surface area contributed by atoms with Crippen LogP contribution in [0.1, 0.15) is 12.5 Å². The summed E-state index contributed by atoms with van der Waals surface area (Å²) in [5.41, 5.74) is 2.25. The fraction of sp³-hybridized carbons (Fsp3) is 0.417. The van der Waals surface area contributed by atoms with Crippen molar-refractivity contribution < 1.29 is 17.9 Å². The van der Waals surface area contributed by atoms with Gasteiger partial charge < -0.3 is 9.64 Å². The highest BCUT2D eigenvalue weighted by molar-refractivity contribution is 8.31. The summed E-state index contributed by atoms with van der Waals surface area (Å²) in [7, 11) is 4.81. The van der Waals surface area contributed by atoms with Crippen LogP contribution in [0.3, 0.4) is 0 Å². The van der Waals surface area contributed by atoms with Crippen LogP contribution >= 0.6 is 21.4 Å². The zero-order valence-electron chi connectivity index (χ0n) is 10.9. The van der Waals surface area contributed by atoms with Crippen molar-refractivity contribution in [3.63, 3.8) is 0 Å². The molecule has 2 rings (SSSR count). The number of para-hydroxylation sites is 1. The summed E-state index contributed by atoms with van der Waals surface area (Å²) < 4.78 is 23.4. The average molecular weight is 340 g/mol. The molecule has 0 spiro atoms. The monoisotopic (exact) mass is 339 g/mol. The smallest absolute Gasteiger partial charge is 0.317 e. The van der Waals surface area contributed by atoms with Crippen molar-refractivity contribution in [2.24, 2.45) is 0 Å². The van der Waals surface area contributed by atoms with Crippen molar-refractivity contribution in [2.45, 2.75) is 13.3 Å². The first-order valence-electron chi connectivity index (χ1n) is 5.93. The summed E-state index contributed by atoms with van der Waals surface area (Å²) in [5.74, 6) is 0.0575. The Morgan fingerprint density at radius 1 is 1.30 bits per heavy atom. The van der Waals surface area contributed by atoms with Crippen LogP contribution in [0.25, 0.3) is 0 Å². The molecule has 1 aromatic rings. The summed E-state index contributed by atoms with van der Waals surface area (Å²) in [6.45, 7) is 3.60. The Balaban J connectivity index is 0.000000347. The van der Waals surface area contributed by atoms with E-state index in [-0.39, 0.29) is 12.5 Å². The quantitative estimate of drug-likeness (QED) is 0.775. The number of nitrogens with zero attached hydrogens (tertiary/aromatic N) is 1. The zero-order chi connectivity index (χ0) is 15.2. The highest BCUT2D eigenvalue weighted by atomic mass is 36.0. The third-order valence-corrected chi connectivity index (χ3v) is 2.65. The van der Waals surface area contributed by atoms with Crippen LogP contribution in [0.5, 0.6) is 0 Å². The number of rotatable bonds is 2. The van der Waals surface area contributed by atoms with E-state index in [1.165, 1.54) is 5.56 Å². The van der Waals surface area contributed by atoms with Gasteiger partial charge in [-0.1, -0.05) is 25.1 Å². The molecule has 0 radical (unpaired) electrons. The molecule has 0 aromatic heterocycles. The molecule has 20 heavy (non-hydrogen) atoms. The second-order valence-electron chi connectivity index (χ2n) is 3.96. The minimum absolute atomic E-state index is 0.0575. The highest BCUT2D eigenvalue weighted by Crippen LogP contribution is 2.22. The summed E-state index contributed by atoms with van der Waals surface area (Å²) in [4.78, 5) is 13.5. The van der Waals surface area contributed by atoms with E-state index in [4.69, 9.17) is 13.2 Å². The molecule has 0 unspecified atom stereocenters. The van der Waals surface area contributed by atoms with E-state index in [1.54, 1.807) is 0 Å². The van der Waals surface area contributed by atoms with Crippen molar-refractivity contribution in [3.8, 4) is 0 Å². The Morgan fingerprint density at radius 3 is 2.45 bits per heavy atom. The van der Waals surface area contributed by atoms with Gasteiger partial charge in [-0.3, -0.25) is 4.79 Å². The second-order valence-corrected chi connectivity index (χ2v) is 7.63. The predicted molar refractivity (Wildman–Crippen MR) is 79.6 cm³/mol. The number of amides is 1. The summed E-state index contributed by atoms with van der Waals surface area (Å²) in [6.07, 6.45) is 0.945. The number of benzene rings is 1. The van der Waals surface area contributed by atoms with Crippen molar-refractivity contribution in [2.75, 3.05) is 24.7 Å². The molecule has 8 heteroatoms. The fourth-order valence-corrected chi connectivity index (χ4v) is 1.85. The first-order chi connectivity index (χ1) is 9.33. The lowest BCUT2D eigenvalue weighted by atomic mass is 10.1. The molecule has 1 aliphatic rings. The van der Waals surface area contributed by atoms with Crippen LogP contribution in [0.4, 0.5) is 5.69 Å². The molecule has 1 saturated heterocycles. The van der Waals surface area contributed by atoms with Gasteiger partial charge in [0.25, 0.3) is 5.91 Å². The predicted octanol–water partition coefficient (Wildman–Crippen LogP) is 2.32. The van der Waals surface area contributed by atoms with Gasteiger partial charge in [0, 0.05) is 33.6 Å². The molecular weight excluding hydrogens is 325 g/mol. The third-order valence-electron chi connectivity index (χ3n) is 2.65. The molecule has 0 bridgehead atoms. The van der Waals surface area contributed by atoms with Crippen LogP contribution in [0, 0.1) is 0 Å². The molecule has 0 saturated carbocycles. The molecule has 1 fully saturated rings. The first kappa shape index (κ1) is 17.2. The summed E-state index contributed by atoms with van der Waals surface area (Å²) in [6, 6.07) is 8.05. The normalized spacial score (nSPS) is 15.6. The minimum atomic E-state index is -3.72. The second kappa shape index (κ2) is 7.83. The van der Waals surface area contributed by atoms with Crippen LogP contribution in [0.2, 0.25) is 0 Å². The lowest BCUT2D eigenvalue weighted by molar-refractivity contribution is -0.125. The minimum Gasteiger partial charge on any atom is -0.370 e. The number of ether oxygens (including phenoxy) is 1. The lowest BCUT2D eigenvalue weighted by Gasteiger charge is -2.28. The van der Waals surface area contributed by atoms with Gasteiger partial charge >= 0.3 is 8.26 Å². The standard InChI is InChI=1S/C12H15NO2.Cl2O2S/c1-2-10-5-3-4-6-11(10)13-7-8-15-9-12(13)14;1-5(2,3)4/h3-6H,2,7-9H2,1H3;. The molecular formula is C12H15Cl2NO4S. The Hall–Kier alpha value is -0.820. The Labute approximate surface area is 127 Å². The van der Waals surface area contributed by atoms with Crippen molar-refractivity contribution in [3.05, 3.63) is 29.8 Å². The van der Waals surface area contributed by atoms with Gasteiger partial charge in [-0.25, -0.2) is 0 Å². The van der Waals surface area contributed by atoms with E-state index in [1.807, 2.05) is 23.1 Å². The Morgan fingerprint density at radius 2 is 1.90 bits per heavy atom. The average Bonchev–Trinajstić information content (AvgIpc) is 2.37. The molecule has 112 valence electrons. The Bertz CT molecular complexity index is 554. The van der Waals surface area contributed by atoms with Crippen molar-refractivity contribution >= 4 is 41.2 Å².